The number of rotatable bonds is 8. The highest BCUT2D eigenvalue weighted by Crippen LogP contribution is 2.29. The molecule has 0 aromatic heterocycles. The molecule has 2 N–H and O–H groups in total. The van der Waals surface area contributed by atoms with E-state index in [-0.39, 0.29) is 29.9 Å². The molecule has 0 spiro atoms. The molecule has 0 atom stereocenters. The molecule has 5 heteroatoms. The molecule has 29 heavy (non-hydrogen) atoms. The highest BCUT2D eigenvalue weighted by atomic mass is 16.2. The third-order valence-corrected chi connectivity index (χ3v) is 5.34. The van der Waals surface area contributed by atoms with Crippen molar-refractivity contribution in [1.29, 1.82) is 0 Å². The zero-order chi connectivity index (χ0) is 20.6. The van der Waals surface area contributed by atoms with Crippen molar-refractivity contribution in [2.75, 3.05) is 10.6 Å². The molecule has 1 fully saturated rings. The lowest BCUT2D eigenvalue weighted by atomic mass is 10.1. The average molecular weight is 392 g/mol. The molecule has 2 amide bonds. The van der Waals surface area contributed by atoms with Gasteiger partial charge in [-0.2, -0.15) is 0 Å². The first-order valence-electron chi connectivity index (χ1n) is 10.3. The maximum atomic E-state index is 12.5. The summed E-state index contributed by atoms with van der Waals surface area (Å²) in [4.78, 5) is 37.0. The largest absolute Gasteiger partial charge is 0.324 e. The second kappa shape index (κ2) is 10.0. The van der Waals surface area contributed by atoms with Crippen LogP contribution in [-0.4, -0.2) is 17.6 Å². The van der Waals surface area contributed by atoms with Crippen LogP contribution < -0.4 is 10.6 Å². The zero-order valence-electron chi connectivity index (χ0n) is 16.9. The minimum atomic E-state index is -0.159. The van der Waals surface area contributed by atoms with Gasteiger partial charge in [-0.3, -0.25) is 14.4 Å². The van der Waals surface area contributed by atoms with E-state index in [1.807, 2.05) is 43.3 Å². The number of ketones is 1. The van der Waals surface area contributed by atoms with E-state index in [9.17, 15) is 14.4 Å². The van der Waals surface area contributed by atoms with Gasteiger partial charge in [0.15, 0.2) is 5.78 Å². The smallest absolute Gasteiger partial charge is 0.227 e. The Labute approximate surface area is 171 Å². The summed E-state index contributed by atoms with van der Waals surface area (Å²) in [6.45, 7) is 1.94. The van der Waals surface area contributed by atoms with Crippen LogP contribution in [0.25, 0.3) is 0 Å². The van der Waals surface area contributed by atoms with E-state index in [0.29, 0.717) is 29.8 Å². The first-order valence-corrected chi connectivity index (χ1v) is 10.3. The maximum Gasteiger partial charge on any atom is 0.227 e. The number of amides is 2. The number of carbonyl (C=O) groups is 3. The second-order valence-electron chi connectivity index (χ2n) is 7.71. The summed E-state index contributed by atoms with van der Waals surface area (Å²) < 4.78 is 0. The van der Waals surface area contributed by atoms with Gasteiger partial charge in [0.05, 0.1) is 11.4 Å². The number of hydrogen-bond acceptors (Lipinski definition) is 3. The molecule has 5 nitrogen and oxygen atoms in total. The molecule has 2 aromatic carbocycles. The number of anilines is 2. The number of carbonyl (C=O) groups excluding carboxylic acids is 3. The van der Waals surface area contributed by atoms with E-state index in [0.717, 1.165) is 31.2 Å². The molecule has 1 saturated carbocycles. The van der Waals surface area contributed by atoms with Gasteiger partial charge in [-0.05, 0) is 43.9 Å². The topological polar surface area (TPSA) is 75.3 Å². The molecule has 0 aliphatic heterocycles. The van der Waals surface area contributed by atoms with Gasteiger partial charge in [-0.25, -0.2) is 0 Å². The van der Waals surface area contributed by atoms with Gasteiger partial charge in [0.2, 0.25) is 11.8 Å². The van der Waals surface area contributed by atoms with E-state index >= 15 is 0 Å². The van der Waals surface area contributed by atoms with E-state index in [1.165, 1.54) is 0 Å². The predicted octanol–water partition coefficient (Wildman–Crippen LogP) is 5.12. The lowest BCUT2D eigenvalue weighted by molar-refractivity contribution is -0.119. The van der Waals surface area contributed by atoms with Crippen molar-refractivity contribution in [3.8, 4) is 0 Å². The highest BCUT2D eigenvalue weighted by Gasteiger charge is 2.23. The highest BCUT2D eigenvalue weighted by molar-refractivity contribution is 6.01. The van der Waals surface area contributed by atoms with Gasteiger partial charge in [0, 0.05) is 24.3 Å². The first-order chi connectivity index (χ1) is 14.0. The van der Waals surface area contributed by atoms with Crippen molar-refractivity contribution in [2.24, 2.45) is 5.92 Å². The Balaban J connectivity index is 1.54. The summed E-state index contributed by atoms with van der Waals surface area (Å²) in [6.07, 6.45) is 5.10. The van der Waals surface area contributed by atoms with Crippen molar-refractivity contribution >= 4 is 29.0 Å². The summed E-state index contributed by atoms with van der Waals surface area (Å²) >= 11 is 0. The lowest BCUT2D eigenvalue weighted by Crippen LogP contribution is -2.22. The van der Waals surface area contributed by atoms with Crippen molar-refractivity contribution < 1.29 is 14.4 Å². The Hall–Kier alpha value is -2.95. The number of hydrogen-bond donors (Lipinski definition) is 2. The Bertz CT molecular complexity index is 871. The molecule has 0 saturated heterocycles. The lowest BCUT2D eigenvalue weighted by Gasteiger charge is -2.15. The van der Waals surface area contributed by atoms with Crippen molar-refractivity contribution in [1.82, 2.24) is 0 Å². The molecule has 3 rings (SSSR count). The SMILES string of the molecule is Cc1ccc(NC(=O)C2CCCC2)c(NC(=O)CCCC(=O)c2ccccc2)c1. The van der Waals surface area contributed by atoms with Crippen molar-refractivity contribution in [3.63, 3.8) is 0 Å². The van der Waals surface area contributed by atoms with Crippen LogP contribution in [0.5, 0.6) is 0 Å². The molecular weight excluding hydrogens is 364 g/mol. The van der Waals surface area contributed by atoms with Crippen molar-refractivity contribution in [2.45, 2.75) is 51.9 Å². The third-order valence-electron chi connectivity index (χ3n) is 5.34. The van der Waals surface area contributed by atoms with Gasteiger partial charge in [0.25, 0.3) is 0 Å². The summed E-state index contributed by atoms with van der Waals surface area (Å²) in [5.41, 5.74) is 2.90. The van der Waals surface area contributed by atoms with E-state index in [1.54, 1.807) is 12.1 Å². The molecule has 152 valence electrons. The van der Waals surface area contributed by atoms with Gasteiger partial charge in [-0.1, -0.05) is 49.2 Å². The Morgan fingerprint density at radius 3 is 2.34 bits per heavy atom. The van der Waals surface area contributed by atoms with Crippen LogP contribution in [0.4, 0.5) is 11.4 Å². The third kappa shape index (κ3) is 6.01. The fourth-order valence-electron chi connectivity index (χ4n) is 3.68. The monoisotopic (exact) mass is 392 g/mol. The summed E-state index contributed by atoms with van der Waals surface area (Å²) in [5, 5.41) is 5.87. The second-order valence-corrected chi connectivity index (χ2v) is 7.71. The van der Waals surface area contributed by atoms with Crippen LogP contribution in [0.1, 0.15) is 60.9 Å². The van der Waals surface area contributed by atoms with Gasteiger partial charge in [-0.15, -0.1) is 0 Å². The summed E-state index contributed by atoms with van der Waals surface area (Å²) in [6, 6.07) is 14.7. The van der Waals surface area contributed by atoms with Crippen LogP contribution in [0.15, 0.2) is 48.5 Å². The standard InChI is InChI=1S/C24H28N2O3/c1-17-14-15-20(26-24(29)19-10-5-6-11-19)21(16-17)25-23(28)13-7-12-22(27)18-8-3-2-4-9-18/h2-4,8-9,14-16,19H,5-7,10-13H2,1H3,(H,25,28)(H,26,29). The number of benzene rings is 2. The molecule has 0 bridgehead atoms. The number of nitrogens with one attached hydrogen (secondary N) is 2. The summed E-state index contributed by atoms with van der Waals surface area (Å²) in [7, 11) is 0. The van der Waals surface area contributed by atoms with Crippen LogP contribution in [0, 0.1) is 12.8 Å². The molecule has 2 aromatic rings. The number of Topliss-reactive ketones (excluding diaryl/α,β-unsaturated/α-hetero) is 1. The Morgan fingerprint density at radius 2 is 1.62 bits per heavy atom. The van der Waals surface area contributed by atoms with E-state index in [4.69, 9.17) is 0 Å². The number of aryl methyl sites for hydroxylation is 1. The van der Waals surface area contributed by atoms with Gasteiger partial charge < -0.3 is 10.6 Å². The van der Waals surface area contributed by atoms with E-state index < -0.39 is 0 Å². The van der Waals surface area contributed by atoms with Crippen LogP contribution in [-0.2, 0) is 9.59 Å². The van der Waals surface area contributed by atoms with Crippen LogP contribution in [0.3, 0.4) is 0 Å². The fourth-order valence-corrected chi connectivity index (χ4v) is 3.68. The Morgan fingerprint density at radius 1 is 0.897 bits per heavy atom. The normalized spacial score (nSPS) is 13.8. The van der Waals surface area contributed by atoms with Crippen LogP contribution in [0.2, 0.25) is 0 Å². The molecule has 1 aliphatic carbocycles. The van der Waals surface area contributed by atoms with E-state index in [2.05, 4.69) is 10.6 Å². The van der Waals surface area contributed by atoms with Crippen molar-refractivity contribution in [3.05, 3.63) is 59.7 Å². The molecule has 0 radical (unpaired) electrons. The Kier molecular flexibility index (Phi) is 7.17. The van der Waals surface area contributed by atoms with Crippen LogP contribution >= 0.6 is 0 Å². The molecular formula is C24H28N2O3. The van der Waals surface area contributed by atoms with Gasteiger partial charge in [0.1, 0.15) is 0 Å². The predicted molar refractivity (Wildman–Crippen MR) is 115 cm³/mol. The maximum absolute atomic E-state index is 12.5. The fraction of sp³-hybridized carbons (Fsp3) is 0.375. The molecule has 0 unspecified atom stereocenters. The first kappa shape index (κ1) is 20.8. The quantitative estimate of drug-likeness (QED) is 0.613. The zero-order valence-corrected chi connectivity index (χ0v) is 16.9. The van der Waals surface area contributed by atoms with Gasteiger partial charge >= 0.3 is 0 Å². The minimum absolute atomic E-state index is 0.0234. The molecule has 0 heterocycles. The average Bonchev–Trinajstić information content (AvgIpc) is 3.25. The summed E-state index contributed by atoms with van der Waals surface area (Å²) in [5.74, 6) is -0.0366. The molecule has 1 aliphatic rings. The minimum Gasteiger partial charge on any atom is -0.324 e.